The highest BCUT2D eigenvalue weighted by Crippen LogP contribution is 2.26. The molecule has 1 aromatic heterocycles. The monoisotopic (exact) mass is 287 g/mol. The van der Waals surface area contributed by atoms with E-state index in [2.05, 4.69) is 5.32 Å². The number of nitrogen functional groups attached to an aromatic ring is 1. The van der Waals surface area contributed by atoms with Crippen molar-refractivity contribution in [3.8, 4) is 5.75 Å². The Morgan fingerprint density at radius 1 is 1.33 bits per heavy atom. The Bertz CT molecular complexity index is 722. The molecule has 1 amide bonds. The Morgan fingerprint density at radius 2 is 2.10 bits per heavy atom. The maximum atomic E-state index is 12.1. The largest absolute Gasteiger partial charge is 0.494 e. The van der Waals surface area contributed by atoms with Crippen LogP contribution in [0.4, 0.5) is 11.4 Å². The van der Waals surface area contributed by atoms with E-state index in [9.17, 15) is 9.59 Å². The summed E-state index contributed by atoms with van der Waals surface area (Å²) in [6.07, 6.45) is 0. The molecule has 0 atom stereocenters. The number of ether oxygens (including phenoxy) is 1. The van der Waals surface area contributed by atoms with Crippen molar-refractivity contribution in [2.75, 3.05) is 18.2 Å². The van der Waals surface area contributed by atoms with Crippen molar-refractivity contribution in [1.29, 1.82) is 0 Å². The molecule has 1 aromatic carbocycles. The first-order chi connectivity index (χ1) is 10.0. The molecule has 0 saturated carbocycles. The lowest BCUT2D eigenvalue weighted by molar-refractivity contribution is -0.116. The van der Waals surface area contributed by atoms with Gasteiger partial charge in [0.25, 0.3) is 5.56 Å². The summed E-state index contributed by atoms with van der Waals surface area (Å²) < 4.78 is 6.56. The van der Waals surface area contributed by atoms with Gasteiger partial charge in [-0.15, -0.1) is 0 Å². The molecule has 0 aliphatic heterocycles. The van der Waals surface area contributed by atoms with E-state index in [0.29, 0.717) is 17.1 Å². The Balaban J connectivity index is 2.18. The zero-order valence-corrected chi connectivity index (χ0v) is 11.9. The second-order valence-corrected chi connectivity index (χ2v) is 4.60. The van der Waals surface area contributed by atoms with E-state index in [1.165, 1.54) is 17.7 Å². The molecule has 0 radical (unpaired) electrons. The van der Waals surface area contributed by atoms with Gasteiger partial charge < -0.3 is 20.4 Å². The molecule has 21 heavy (non-hydrogen) atoms. The minimum absolute atomic E-state index is 0.0565. The first-order valence-corrected chi connectivity index (χ1v) is 6.41. The van der Waals surface area contributed by atoms with Crippen LogP contribution in [0.3, 0.4) is 0 Å². The summed E-state index contributed by atoms with van der Waals surface area (Å²) in [4.78, 5) is 23.8. The number of hydrogen-bond acceptors (Lipinski definition) is 4. The number of rotatable bonds is 4. The molecule has 1 heterocycles. The van der Waals surface area contributed by atoms with Gasteiger partial charge in [0.05, 0.1) is 12.8 Å². The highest BCUT2D eigenvalue weighted by atomic mass is 16.5. The molecule has 0 spiro atoms. The molecule has 6 nitrogen and oxygen atoms in total. The van der Waals surface area contributed by atoms with E-state index in [1.54, 1.807) is 37.3 Å². The molecule has 6 heteroatoms. The van der Waals surface area contributed by atoms with Crippen LogP contribution in [-0.2, 0) is 11.3 Å². The predicted octanol–water partition coefficient (Wildman–Crippen LogP) is 1.39. The number of nitrogens with one attached hydrogen (secondary N) is 1. The predicted molar refractivity (Wildman–Crippen MR) is 81.5 cm³/mol. The lowest BCUT2D eigenvalue weighted by atomic mass is 10.2. The normalized spacial score (nSPS) is 10.2. The SMILES string of the molecule is COc1cc(N)ccc1NC(=O)Cn1c(C)cccc1=O. The van der Waals surface area contributed by atoms with Gasteiger partial charge in [0.2, 0.25) is 5.91 Å². The fraction of sp³-hybridized carbons (Fsp3) is 0.200. The highest BCUT2D eigenvalue weighted by Gasteiger charge is 2.10. The van der Waals surface area contributed by atoms with Crippen LogP contribution in [0.2, 0.25) is 0 Å². The molecule has 110 valence electrons. The fourth-order valence-electron chi connectivity index (χ4n) is 1.97. The molecule has 0 aliphatic rings. The molecule has 0 aliphatic carbocycles. The first kappa shape index (κ1) is 14.6. The van der Waals surface area contributed by atoms with E-state index >= 15 is 0 Å². The van der Waals surface area contributed by atoms with E-state index in [4.69, 9.17) is 10.5 Å². The smallest absolute Gasteiger partial charge is 0.251 e. The van der Waals surface area contributed by atoms with Gasteiger partial charge >= 0.3 is 0 Å². The van der Waals surface area contributed by atoms with Gasteiger partial charge in [-0.2, -0.15) is 0 Å². The third-order valence-electron chi connectivity index (χ3n) is 3.07. The number of benzene rings is 1. The molecule has 3 N–H and O–H groups in total. The van der Waals surface area contributed by atoms with Crippen molar-refractivity contribution in [2.45, 2.75) is 13.5 Å². The molecule has 2 aromatic rings. The molecule has 0 saturated heterocycles. The van der Waals surface area contributed by atoms with Crippen LogP contribution in [0.1, 0.15) is 5.69 Å². The van der Waals surface area contributed by atoms with Gasteiger partial charge in [-0.25, -0.2) is 0 Å². The molecule has 0 bridgehead atoms. The van der Waals surface area contributed by atoms with Crippen molar-refractivity contribution < 1.29 is 9.53 Å². The number of carbonyl (C=O) groups is 1. The van der Waals surface area contributed by atoms with Crippen LogP contribution in [0.5, 0.6) is 5.75 Å². The minimum atomic E-state index is -0.311. The molecule has 2 rings (SSSR count). The van der Waals surface area contributed by atoms with Crippen molar-refractivity contribution >= 4 is 17.3 Å². The molecule has 0 fully saturated rings. The van der Waals surface area contributed by atoms with Crippen LogP contribution in [0.15, 0.2) is 41.2 Å². The number of carbonyl (C=O) groups excluding carboxylic acids is 1. The number of anilines is 2. The van der Waals surface area contributed by atoms with Crippen LogP contribution < -0.4 is 21.3 Å². The van der Waals surface area contributed by atoms with E-state index in [1.807, 2.05) is 0 Å². The maximum Gasteiger partial charge on any atom is 0.251 e. The number of aromatic nitrogens is 1. The second kappa shape index (κ2) is 6.13. The van der Waals surface area contributed by atoms with E-state index < -0.39 is 0 Å². The topological polar surface area (TPSA) is 86.3 Å². The summed E-state index contributed by atoms with van der Waals surface area (Å²) in [6, 6.07) is 9.80. The number of nitrogens with two attached hydrogens (primary N) is 1. The Kier molecular flexibility index (Phi) is 4.27. The van der Waals surface area contributed by atoms with Crippen LogP contribution in [-0.4, -0.2) is 17.6 Å². The minimum Gasteiger partial charge on any atom is -0.494 e. The Morgan fingerprint density at radius 3 is 2.76 bits per heavy atom. The molecular weight excluding hydrogens is 270 g/mol. The average molecular weight is 287 g/mol. The standard InChI is InChI=1S/C15H17N3O3/c1-10-4-3-5-15(20)18(10)9-14(19)17-12-7-6-11(16)8-13(12)21-2/h3-8H,9,16H2,1-2H3,(H,17,19). The van der Waals surface area contributed by atoms with Gasteiger partial charge in [-0.1, -0.05) is 6.07 Å². The quantitative estimate of drug-likeness (QED) is 0.832. The number of amides is 1. The van der Waals surface area contributed by atoms with Gasteiger partial charge in [0.15, 0.2) is 0 Å². The van der Waals surface area contributed by atoms with Crippen molar-refractivity contribution in [1.82, 2.24) is 4.57 Å². The number of nitrogens with zero attached hydrogens (tertiary/aromatic N) is 1. The molecular formula is C15H17N3O3. The third-order valence-corrected chi connectivity index (χ3v) is 3.07. The van der Waals surface area contributed by atoms with Crippen molar-refractivity contribution in [2.24, 2.45) is 0 Å². The fourth-order valence-corrected chi connectivity index (χ4v) is 1.97. The van der Waals surface area contributed by atoms with Gasteiger partial charge in [0, 0.05) is 23.5 Å². The number of methoxy groups -OCH3 is 1. The summed E-state index contributed by atoms with van der Waals surface area (Å²) in [5.74, 6) is 0.162. The third kappa shape index (κ3) is 3.42. The zero-order chi connectivity index (χ0) is 15.4. The zero-order valence-electron chi connectivity index (χ0n) is 11.9. The summed E-state index contributed by atoms with van der Waals surface area (Å²) in [7, 11) is 1.50. The lowest BCUT2D eigenvalue weighted by Crippen LogP contribution is -2.28. The Hall–Kier alpha value is -2.76. The average Bonchev–Trinajstić information content (AvgIpc) is 2.45. The number of pyridine rings is 1. The summed E-state index contributed by atoms with van der Waals surface area (Å²) in [6.45, 7) is 1.72. The van der Waals surface area contributed by atoms with Crippen LogP contribution in [0.25, 0.3) is 0 Å². The lowest BCUT2D eigenvalue weighted by Gasteiger charge is -2.12. The second-order valence-electron chi connectivity index (χ2n) is 4.60. The van der Waals surface area contributed by atoms with Gasteiger partial charge in [-0.3, -0.25) is 9.59 Å². The maximum absolute atomic E-state index is 12.1. The summed E-state index contributed by atoms with van der Waals surface area (Å²) >= 11 is 0. The van der Waals surface area contributed by atoms with Crippen LogP contribution >= 0.6 is 0 Å². The Labute approximate surface area is 122 Å². The van der Waals surface area contributed by atoms with Gasteiger partial charge in [-0.05, 0) is 25.1 Å². The summed E-state index contributed by atoms with van der Waals surface area (Å²) in [5, 5.41) is 2.71. The number of hydrogen-bond donors (Lipinski definition) is 2. The number of aryl methyl sites for hydroxylation is 1. The van der Waals surface area contributed by atoms with Crippen molar-refractivity contribution in [3.05, 3.63) is 52.4 Å². The van der Waals surface area contributed by atoms with Crippen LogP contribution in [0, 0.1) is 6.92 Å². The molecule has 0 unspecified atom stereocenters. The van der Waals surface area contributed by atoms with Crippen molar-refractivity contribution in [3.63, 3.8) is 0 Å². The van der Waals surface area contributed by atoms with E-state index in [-0.39, 0.29) is 18.0 Å². The summed E-state index contributed by atoms with van der Waals surface area (Å²) in [5.41, 5.74) is 7.22. The van der Waals surface area contributed by atoms with E-state index in [0.717, 1.165) is 5.69 Å². The first-order valence-electron chi connectivity index (χ1n) is 6.41. The van der Waals surface area contributed by atoms with Gasteiger partial charge in [0.1, 0.15) is 12.3 Å². The highest BCUT2D eigenvalue weighted by molar-refractivity contribution is 5.92.